The normalized spacial score (nSPS) is 11.4. The molecule has 29 heavy (non-hydrogen) atoms. The van der Waals surface area contributed by atoms with E-state index in [1.165, 1.54) is 5.57 Å². The van der Waals surface area contributed by atoms with E-state index in [4.69, 9.17) is 25.7 Å². The zero-order chi connectivity index (χ0) is 20.6. The fraction of sp³-hybridized carbons (Fsp3) is 0.174. The smallest absolute Gasteiger partial charge is 0.140 e. The number of nitrogens with zero attached hydrogens (tertiary/aromatic N) is 1. The van der Waals surface area contributed by atoms with E-state index < -0.39 is 0 Å². The Morgan fingerprint density at radius 3 is 2.62 bits per heavy atom. The molecule has 3 aromatic rings. The molecule has 0 aliphatic carbocycles. The molecule has 0 radical (unpaired) electrons. The highest BCUT2D eigenvalue weighted by Gasteiger charge is 2.13. The Hall–Kier alpha value is -2.08. The third kappa shape index (κ3) is 6.46. The summed E-state index contributed by atoms with van der Waals surface area (Å²) in [5.74, 6) is 1.45. The fourth-order valence-corrected chi connectivity index (χ4v) is 4.68. The van der Waals surface area contributed by atoms with Crippen molar-refractivity contribution < 1.29 is 9.15 Å². The van der Waals surface area contributed by atoms with Gasteiger partial charge >= 0.3 is 0 Å². The van der Waals surface area contributed by atoms with Gasteiger partial charge in [0.05, 0.1) is 17.0 Å². The van der Waals surface area contributed by atoms with Crippen molar-refractivity contribution in [2.24, 2.45) is 4.99 Å². The Kier molecular flexibility index (Phi) is 7.92. The largest absolute Gasteiger partial charge is 0.488 e. The summed E-state index contributed by atoms with van der Waals surface area (Å²) in [4.78, 5) is 6.03. The van der Waals surface area contributed by atoms with Gasteiger partial charge in [0.15, 0.2) is 0 Å². The Labute approximate surface area is 184 Å². The molecule has 0 saturated carbocycles. The topological polar surface area (TPSA) is 34.7 Å². The Bertz CT molecular complexity index is 1010. The quantitative estimate of drug-likeness (QED) is 0.160. The maximum atomic E-state index is 6.30. The number of furan rings is 1. The predicted molar refractivity (Wildman–Crippen MR) is 126 cm³/mol. The maximum absolute atomic E-state index is 6.30. The van der Waals surface area contributed by atoms with Crippen LogP contribution in [0.1, 0.15) is 25.2 Å². The average Bonchev–Trinajstić information content (AvgIpc) is 3.13. The van der Waals surface area contributed by atoms with Crippen molar-refractivity contribution in [3.8, 4) is 5.75 Å². The van der Waals surface area contributed by atoms with Gasteiger partial charge in [-0.05, 0) is 68.0 Å². The molecule has 6 heteroatoms. The lowest BCUT2D eigenvalue weighted by atomic mass is 10.2. The van der Waals surface area contributed by atoms with Gasteiger partial charge in [-0.15, -0.1) is 0 Å². The van der Waals surface area contributed by atoms with Crippen molar-refractivity contribution >= 4 is 43.9 Å². The van der Waals surface area contributed by atoms with Gasteiger partial charge in [0, 0.05) is 16.5 Å². The van der Waals surface area contributed by atoms with Crippen molar-refractivity contribution in [1.29, 1.82) is 0 Å². The number of allylic oxidation sites excluding steroid dienone is 1. The first-order valence-corrected chi connectivity index (χ1v) is 11.6. The van der Waals surface area contributed by atoms with E-state index in [2.05, 4.69) is 12.1 Å². The Balaban J connectivity index is 1.87. The minimum Gasteiger partial charge on any atom is -0.488 e. The minimum atomic E-state index is 0.474. The van der Waals surface area contributed by atoms with E-state index in [9.17, 15) is 0 Å². The molecule has 3 nitrogen and oxygen atoms in total. The van der Waals surface area contributed by atoms with Crippen LogP contribution in [0.2, 0.25) is 5.02 Å². The van der Waals surface area contributed by atoms with Gasteiger partial charge in [0.25, 0.3) is 0 Å². The van der Waals surface area contributed by atoms with Crippen LogP contribution >= 0.6 is 33.2 Å². The molecule has 0 atom stereocenters. The Morgan fingerprint density at radius 1 is 1.14 bits per heavy atom. The summed E-state index contributed by atoms with van der Waals surface area (Å²) < 4.78 is 11.3. The summed E-state index contributed by atoms with van der Waals surface area (Å²) in [5, 5.41) is 1.43. The van der Waals surface area contributed by atoms with Crippen molar-refractivity contribution in [2.45, 2.75) is 25.7 Å². The first-order chi connectivity index (χ1) is 14.0. The van der Waals surface area contributed by atoms with Crippen LogP contribution in [-0.2, 0) is 0 Å². The molecule has 0 spiro atoms. The molecule has 1 aromatic heterocycles. The van der Waals surface area contributed by atoms with Gasteiger partial charge in [-0.25, -0.2) is 4.99 Å². The number of hydrogen-bond donors (Lipinski definition) is 0. The molecule has 0 saturated heterocycles. The lowest BCUT2D eigenvalue weighted by Gasteiger charge is -2.09. The van der Waals surface area contributed by atoms with Crippen LogP contribution in [0.25, 0.3) is 0 Å². The molecule has 2 aromatic carbocycles. The van der Waals surface area contributed by atoms with E-state index in [-0.39, 0.29) is 0 Å². The van der Waals surface area contributed by atoms with Gasteiger partial charge in [-0.1, -0.05) is 46.2 Å². The molecular weight excluding hydrogens is 422 g/mol. The molecule has 0 unspecified atom stereocenters. The standard InChI is InChI=1S/C23H22ClNO2S2/c1-16(2)11-13-27-22-15-18(9-10-21(22)24)25-23(20-12-14-26-17(20)3)29-28-19-7-5-4-6-8-19/h4-12,14-15H,13H2,1-3H3. The molecule has 0 amide bonds. The van der Waals surface area contributed by atoms with E-state index in [1.54, 1.807) is 27.9 Å². The lowest BCUT2D eigenvalue weighted by Crippen LogP contribution is -1.96. The summed E-state index contributed by atoms with van der Waals surface area (Å²) in [6.07, 6.45) is 3.70. The molecule has 0 fully saturated rings. The van der Waals surface area contributed by atoms with Gasteiger partial charge < -0.3 is 9.15 Å². The van der Waals surface area contributed by atoms with E-state index in [0.29, 0.717) is 17.4 Å². The van der Waals surface area contributed by atoms with Crippen molar-refractivity contribution in [3.63, 3.8) is 0 Å². The SMILES string of the molecule is CC(C)=CCOc1cc(N=C(SSc2ccccc2)c2ccoc2C)ccc1Cl. The van der Waals surface area contributed by atoms with Crippen molar-refractivity contribution in [3.05, 3.63) is 88.9 Å². The summed E-state index contributed by atoms with van der Waals surface area (Å²) in [5.41, 5.74) is 2.95. The van der Waals surface area contributed by atoms with Crippen LogP contribution in [0.4, 0.5) is 5.69 Å². The van der Waals surface area contributed by atoms with Crippen LogP contribution in [0.5, 0.6) is 5.75 Å². The highest BCUT2D eigenvalue weighted by molar-refractivity contribution is 8.82. The molecule has 0 N–H and O–H groups in total. The van der Waals surface area contributed by atoms with Gasteiger partial charge in [-0.3, -0.25) is 0 Å². The summed E-state index contributed by atoms with van der Waals surface area (Å²) >= 11 is 6.30. The fourth-order valence-electron chi connectivity index (χ4n) is 2.38. The van der Waals surface area contributed by atoms with E-state index in [1.807, 2.05) is 69.3 Å². The average molecular weight is 444 g/mol. The highest BCUT2D eigenvalue weighted by atomic mass is 35.5. The third-order valence-electron chi connectivity index (χ3n) is 3.93. The number of benzene rings is 2. The Morgan fingerprint density at radius 2 is 1.93 bits per heavy atom. The second-order valence-corrected chi connectivity index (χ2v) is 9.09. The third-order valence-corrected chi connectivity index (χ3v) is 6.56. The first kappa shape index (κ1) is 21.6. The molecule has 0 aliphatic rings. The molecular formula is C23H22ClNO2S2. The van der Waals surface area contributed by atoms with E-state index >= 15 is 0 Å². The lowest BCUT2D eigenvalue weighted by molar-refractivity contribution is 0.362. The van der Waals surface area contributed by atoms with Gasteiger partial charge in [0.1, 0.15) is 23.2 Å². The summed E-state index contributed by atoms with van der Waals surface area (Å²) in [7, 11) is 3.25. The molecule has 1 heterocycles. The number of ether oxygens (including phenoxy) is 1. The maximum Gasteiger partial charge on any atom is 0.140 e. The number of aryl methyl sites for hydroxylation is 1. The minimum absolute atomic E-state index is 0.474. The monoisotopic (exact) mass is 443 g/mol. The molecule has 3 rings (SSSR count). The summed E-state index contributed by atoms with van der Waals surface area (Å²) in [6.45, 7) is 6.48. The van der Waals surface area contributed by atoms with Gasteiger partial charge in [-0.2, -0.15) is 0 Å². The second-order valence-electron chi connectivity index (χ2n) is 6.49. The summed E-state index contributed by atoms with van der Waals surface area (Å²) in [6, 6.07) is 17.7. The van der Waals surface area contributed by atoms with Crippen LogP contribution in [-0.4, -0.2) is 11.7 Å². The molecule has 150 valence electrons. The zero-order valence-corrected chi connectivity index (χ0v) is 18.9. The van der Waals surface area contributed by atoms with Crippen LogP contribution in [0.3, 0.4) is 0 Å². The number of hydrogen-bond acceptors (Lipinski definition) is 5. The van der Waals surface area contributed by atoms with Crippen LogP contribution in [0.15, 0.2) is 86.8 Å². The van der Waals surface area contributed by atoms with Crippen LogP contribution in [0, 0.1) is 6.92 Å². The predicted octanol–water partition coefficient (Wildman–Crippen LogP) is 8.11. The molecule has 0 bridgehead atoms. The van der Waals surface area contributed by atoms with Gasteiger partial charge in [0.2, 0.25) is 0 Å². The van der Waals surface area contributed by atoms with Crippen molar-refractivity contribution in [2.75, 3.05) is 6.61 Å². The highest BCUT2D eigenvalue weighted by Crippen LogP contribution is 2.37. The van der Waals surface area contributed by atoms with Crippen LogP contribution < -0.4 is 4.74 Å². The number of aliphatic imine (C=N–C) groups is 1. The van der Waals surface area contributed by atoms with E-state index in [0.717, 1.165) is 27.0 Å². The number of halogens is 1. The second kappa shape index (κ2) is 10.6. The molecule has 0 aliphatic heterocycles. The number of rotatable bonds is 7. The van der Waals surface area contributed by atoms with Crippen molar-refractivity contribution in [1.82, 2.24) is 0 Å². The first-order valence-electron chi connectivity index (χ1n) is 9.11. The zero-order valence-electron chi connectivity index (χ0n) is 16.5.